The lowest BCUT2D eigenvalue weighted by atomic mass is 10.2. The van der Waals surface area contributed by atoms with Crippen LogP contribution in [0.5, 0.6) is 0 Å². The molecule has 0 amide bonds. The number of piperazine rings is 1. The molecule has 0 aliphatic carbocycles. The van der Waals surface area contributed by atoms with Gasteiger partial charge in [0.25, 0.3) is 0 Å². The molecule has 6 heteroatoms. The van der Waals surface area contributed by atoms with E-state index in [9.17, 15) is 0 Å². The second kappa shape index (κ2) is 6.17. The highest BCUT2D eigenvalue weighted by Gasteiger charge is 2.22. The molecular weight excluding hydrogens is 276 g/mol. The summed E-state index contributed by atoms with van der Waals surface area (Å²) >= 11 is 0. The van der Waals surface area contributed by atoms with Crippen LogP contribution in [0.15, 0.2) is 30.9 Å². The zero-order chi connectivity index (χ0) is 15.5. The van der Waals surface area contributed by atoms with Crippen molar-refractivity contribution in [3.63, 3.8) is 0 Å². The fourth-order valence-corrected chi connectivity index (χ4v) is 2.84. The van der Waals surface area contributed by atoms with E-state index in [2.05, 4.69) is 37.7 Å². The van der Waals surface area contributed by atoms with E-state index in [0.29, 0.717) is 0 Å². The molecule has 6 nitrogen and oxygen atoms in total. The molecule has 0 atom stereocenters. The number of aryl methyl sites for hydroxylation is 1. The van der Waals surface area contributed by atoms with Crippen LogP contribution in [0.4, 0.5) is 17.3 Å². The number of aromatic nitrogens is 3. The monoisotopic (exact) mass is 298 g/mol. The average Bonchev–Trinajstić information content (AvgIpc) is 2.55. The Kier molecular flexibility index (Phi) is 4.09. The molecule has 0 unspecified atom stereocenters. The number of anilines is 3. The largest absolute Gasteiger partial charge is 0.368 e. The minimum atomic E-state index is 0.927. The van der Waals surface area contributed by atoms with Crippen molar-refractivity contribution in [1.82, 2.24) is 15.0 Å². The van der Waals surface area contributed by atoms with E-state index < -0.39 is 0 Å². The molecule has 22 heavy (non-hydrogen) atoms. The van der Waals surface area contributed by atoms with E-state index in [0.717, 1.165) is 37.8 Å². The van der Waals surface area contributed by atoms with Gasteiger partial charge in [0.1, 0.15) is 0 Å². The summed E-state index contributed by atoms with van der Waals surface area (Å²) in [6.45, 7) is 5.96. The molecule has 0 spiro atoms. The number of hydrogen-bond acceptors (Lipinski definition) is 6. The van der Waals surface area contributed by atoms with Crippen molar-refractivity contribution in [1.29, 1.82) is 0 Å². The van der Waals surface area contributed by atoms with Gasteiger partial charge >= 0.3 is 0 Å². The predicted octanol–water partition coefficient (Wildman–Crippen LogP) is 1.57. The van der Waals surface area contributed by atoms with Crippen LogP contribution < -0.4 is 14.7 Å². The lowest BCUT2D eigenvalue weighted by molar-refractivity contribution is 0.644. The molecule has 2 aromatic rings. The Morgan fingerprint density at radius 2 is 1.64 bits per heavy atom. The molecule has 0 aromatic carbocycles. The summed E-state index contributed by atoms with van der Waals surface area (Å²) in [5.41, 5.74) is 2.51. The number of nitrogens with zero attached hydrogens (tertiary/aromatic N) is 6. The minimum absolute atomic E-state index is 0.927. The van der Waals surface area contributed by atoms with Crippen molar-refractivity contribution in [2.24, 2.45) is 0 Å². The van der Waals surface area contributed by atoms with Gasteiger partial charge in [0.2, 0.25) is 0 Å². The van der Waals surface area contributed by atoms with Crippen molar-refractivity contribution in [3.8, 4) is 0 Å². The Morgan fingerprint density at radius 3 is 2.32 bits per heavy atom. The first-order valence-corrected chi connectivity index (χ1v) is 7.55. The van der Waals surface area contributed by atoms with Crippen LogP contribution in [0.3, 0.4) is 0 Å². The van der Waals surface area contributed by atoms with Gasteiger partial charge < -0.3 is 14.7 Å². The van der Waals surface area contributed by atoms with Gasteiger partial charge in [-0.2, -0.15) is 0 Å². The third kappa shape index (κ3) is 2.81. The van der Waals surface area contributed by atoms with Gasteiger partial charge in [0.15, 0.2) is 11.6 Å². The van der Waals surface area contributed by atoms with E-state index >= 15 is 0 Å². The molecule has 1 fully saturated rings. The zero-order valence-electron chi connectivity index (χ0n) is 13.4. The van der Waals surface area contributed by atoms with Crippen LogP contribution in [0.2, 0.25) is 0 Å². The molecule has 1 aliphatic heterocycles. The van der Waals surface area contributed by atoms with Crippen molar-refractivity contribution in [3.05, 3.63) is 36.4 Å². The molecule has 116 valence electrons. The maximum absolute atomic E-state index is 4.53. The molecule has 0 saturated carbocycles. The summed E-state index contributed by atoms with van der Waals surface area (Å²) in [6.07, 6.45) is 7.30. The van der Waals surface area contributed by atoms with E-state index in [1.54, 1.807) is 12.4 Å². The van der Waals surface area contributed by atoms with Gasteiger partial charge in [-0.25, -0.2) is 9.97 Å². The zero-order valence-corrected chi connectivity index (χ0v) is 13.4. The van der Waals surface area contributed by atoms with Crippen molar-refractivity contribution >= 4 is 17.3 Å². The van der Waals surface area contributed by atoms with Crippen LogP contribution in [-0.2, 0) is 0 Å². The number of pyridine rings is 1. The van der Waals surface area contributed by atoms with Gasteiger partial charge in [0, 0.05) is 70.7 Å². The fraction of sp³-hybridized carbons (Fsp3) is 0.438. The summed E-state index contributed by atoms with van der Waals surface area (Å²) in [4.78, 5) is 19.9. The van der Waals surface area contributed by atoms with Crippen LogP contribution in [0.25, 0.3) is 0 Å². The Bertz CT molecular complexity index is 634. The molecule has 1 aliphatic rings. The Labute approximate surface area is 131 Å². The quantitative estimate of drug-likeness (QED) is 0.857. The first-order valence-electron chi connectivity index (χ1n) is 7.55. The summed E-state index contributed by atoms with van der Waals surface area (Å²) in [5, 5.41) is 0. The van der Waals surface area contributed by atoms with Crippen molar-refractivity contribution < 1.29 is 0 Å². The Morgan fingerprint density at radius 1 is 0.955 bits per heavy atom. The second-order valence-corrected chi connectivity index (χ2v) is 5.73. The Balaban J connectivity index is 1.74. The van der Waals surface area contributed by atoms with Crippen LogP contribution in [0, 0.1) is 6.92 Å². The fourth-order valence-electron chi connectivity index (χ4n) is 2.84. The molecule has 0 radical (unpaired) electrons. The minimum Gasteiger partial charge on any atom is -0.368 e. The lowest BCUT2D eigenvalue weighted by Crippen LogP contribution is -2.47. The van der Waals surface area contributed by atoms with E-state index in [-0.39, 0.29) is 0 Å². The third-order valence-electron chi connectivity index (χ3n) is 3.99. The topological polar surface area (TPSA) is 48.4 Å². The van der Waals surface area contributed by atoms with Gasteiger partial charge in [-0.05, 0) is 18.6 Å². The summed E-state index contributed by atoms with van der Waals surface area (Å²) in [5.74, 6) is 1.90. The molecule has 2 aromatic heterocycles. The molecule has 3 heterocycles. The summed E-state index contributed by atoms with van der Waals surface area (Å²) in [6, 6.07) is 2.10. The highest BCUT2D eigenvalue weighted by atomic mass is 15.3. The highest BCUT2D eigenvalue weighted by Crippen LogP contribution is 2.25. The Hall–Kier alpha value is -2.37. The third-order valence-corrected chi connectivity index (χ3v) is 3.99. The van der Waals surface area contributed by atoms with E-state index in [1.807, 2.05) is 31.4 Å². The second-order valence-electron chi connectivity index (χ2n) is 5.73. The van der Waals surface area contributed by atoms with Gasteiger partial charge in [-0.1, -0.05) is 0 Å². The van der Waals surface area contributed by atoms with Crippen LogP contribution >= 0.6 is 0 Å². The lowest BCUT2D eigenvalue weighted by Gasteiger charge is -2.38. The van der Waals surface area contributed by atoms with Crippen molar-refractivity contribution in [2.45, 2.75) is 6.92 Å². The maximum atomic E-state index is 4.53. The SMILES string of the molecule is Cc1cnccc1N1CCN(c2nccnc2N(C)C)CC1. The molecular formula is C16H22N6. The van der Waals surface area contributed by atoms with Gasteiger partial charge in [0.05, 0.1) is 0 Å². The molecule has 0 N–H and O–H groups in total. The van der Waals surface area contributed by atoms with Gasteiger partial charge in [-0.3, -0.25) is 4.98 Å². The van der Waals surface area contributed by atoms with E-state index in [1.165, 1.54) is 11.3 Å². The standard InChI is InChI=1S/C16H22N6/c1-13-12-17-5-4-14(13)21-8-10-22(11-9-21)16-15(20(2)3)18-6-7-19-16/h4-7,12H,8-11H2,1-3H3. The van der Waals surface area contributed by atoms with Gasteiger partial charge in [-0.15, -0.1) is 0 Å². The first-order chi connectivity index (χ1) is 10.7. The maximum Gasteiger partial charge on any atom is 0.172 e. The summed E-state index contributed by atoms with van der Waals surface area (Å²) in [7, 11) is 4.01. The predicted molar refractivity (Wildman–Crippen MR) is 89.8 cm³/mol. The summed E-state index contributed by atoms with van der Waals surface area (Å²) < 4.78 is 0. The number of hydrogen-bond donors (Lipinski definition) is 0. The molecule has 1 saturated heterocycles. The normalized spacial score (nSPS) is 15.0. The average molecular weight is 298 g/mol. The van der Waals surface area contributed by atoms with Crippen LogP contribution in [0.1, 0.15) is 5.56 Å². The molecule has 0 bridgehead atoms. The smallest absolute Gasteiger partial charge is 0.172 e. The number of rotatable bonds is 3. The van der Waals surface area contributed by atoms with Crippen molar-refractivity contribution in [2.75, 3.05) is 55.0 Å². The highest BCUT2D eigenvalue weighted by molar-refractivity contribution is 5.62. The van der Waals surface area contributed by atoms with Crippen LogP contribution in [-0.4, -0.2) is 55.2 Å². The van der Waals surface area contributed by atoms with E-state index in [4.69, 9.17) is 0 Å². The first kappa shape index (κ1) is 14.6. The molecule has 3 rings (SSSR count).